The molecular weight excluding hydrogens is 346 g/mol. The average Bonchev–Trinajstić information content (AvgIpc) is 3.16. The second-order valence-electron chi connectivity index (χ2n) is 6.48. The third-order valence-corrected chi connectivity index (χ3v) is 7.94. The van der Waals surface area contributed by atoms with Gasteiger partial charge in [0.1, 0.15) is 0 Å². The molecule has 0 N–H and O–H groups in total. The summed E-state index contributed by atoms with van der Waals surface area (Å²) < 4.78 is 28.8. The van der Waals surface area contributed by atoms with Crippen LogP contribution in [0.2, 0.25) is 0 Å². The normalized spacial score (nSPS) is 21.3. The fraction of sp³-hybridized carbons (Fsp3) is 0.688. The predicted molar refractivity (Wildman–Crippen MR) is 95.4 cm³/mol. The van der Waals surface area contributed by atoms with Crippen LogP contribution in [0.4, 0.5) is 0 Å². The van der Waals surface area contributed by atoms with Crippen LogP contribution in [0, 0.1) is 0 Å². The van der Waals surface area contributed by atoms with E-state index >= 15 is 0 Å². The van der Waals surface area contributed by atoms with Gasteiger partial charge in [-0.15, -0.1) is 11.3 Å². The standard InChI is InChI=1S/C16H25N3O3S2/c1-17(14-6-3-2-4-7-14)24(21,22)19-11-9-18(10-12-19)16(20)15-8-5-13-23-15/h5,8,13-14H,2-4,6-7,9-12H2,1H3. The number of thiophene rings is 1. The first-order valence-electron chi connectivity index (χ1n) is 8.56. The van der Waals surface area contributed by atoms with Crippen molar-refractivity contribution in [3.8, 4) is 0 Å². The number of hydrogen-bond acceptors (Lipinski definition) is 4. The fourth-order valence-electron chi connectivity index (χ4n) is 3.49. The quantitative estimate of drug-likeness (QED) is 0.813. The van der Waals surface area contributed by atoms with Gasteiger partial charge < -0.3 is 4.90 Å². The highest BCUT2D eigenvalue weighted by atomic mass is 32.2. The van der Waals surface area contributed by atoms with Gasteiger partial charge in [0.25, 0.3) is 16.1 Å². The second-order valence-corrected chi connectivity index (χ2v) is 9.42. The van der Waals surface area contributed by atoms with Crippen molar-refractivity contribution in [2.45, 2.75) is 38.1 Å². The summed E-state index contributed by atoms with van der Waals surface area (Å²) in [4.78, 5) is 14.8. The lowest BCUT2D eigenvalue weighted by atomic mass is 9.96. The Labute approximate surface area is 148 Å². The molecule has 0 aromatic carbocycles. The van der Waals surface area contributed by atoms with E-state index in [1.807, 2.05) is 17.5 Å². The Morgan fingerprint density at radius 3 is 2.42 bits per heavy atom. The highest BCUT2D eigenvalue weighted by Gasteiger charge is 2.35. The van der Waals surface area contributed by atoms with Crippen LogP contribution in [0.1, 0.15) is 41.8 Å². The van der Waals surface area contributed by atoms with Crippen molar-refractivity contribution in [3.63, 3.8) is 0 Å². The third kappa shape index (κ3) is 3.66. The van der Waals surface area contributed by atoms with Crippen LogP contribution in [-0.2, 0) is 10.2 Å². The van der Waals surface area contributed by atoms with Crippen molar-refractivity contribution in [2.24, 2.45) is 0 Å². The van der Waals surface area contributed by atoms with Crippen molar-refractivity contribution in [1.29, 1.82) is 0 Å². The fourth-order valence-corrected chi connectivity index (χ4v) is 5.76. The summed E-state index contributed by atoms with van der Waals surface area (Å²) in [5.41, 5.74) is 0. The third-order valence-electron chi connectivity index (χ3n) is 5.04. The van der Waals surface area contributed by atoms with Crippen LogP contribution < -0.4 is 0 Å². The highest BCUT2D eigenvalue weighted by Crippen LogP contribution is 2.25. The Bertz CT molecular complexity index is 646. The number of rotatable bonds is 4. The molecule has 0 spiro atoms. The number of piperazine rings is 1. The zero-order valence-electron chi connectivity index (χ0n) is 14.1. The first kappa shape index (κ1) is 17.8. The summed E-state index contributed by atoms with van der Waals surface area (Å²) in [7, 11) is -1.73. The molecule has 3 rings (SSSR count). The molecule has 8 heteroatoms. The topological polar surface area (TPSA) is 60.9 Å². The number of amides is 1. The van der Waals surface area contributed by atoms with E-state index in [0.717, 1.165) is 25.7 Å². The Morgan fingerprint density at radius 2 is 1.83 bits per heavy atom. The van der Waals surface area contributed by atoms with E-state index in [0.29, 0.717) is 31.1 Å². The van der Waals surface area contributed by atoms with Gasteiger partial charge in [-0.2, -0.15) is 17.0 Å². The first-order valence-corrected chi connectivity index (χ1v) is 10.8. The molecule has 1 aromatic heterocycles. The van der Waals surface area contributed by atoms with Crippen LogP contribution in [-0.4, -0.2) is 67.1 Å². The smallest absolute Gasteiger partial charge is 0.282 e. The molecule has 0 radical (unpaired) electrons. The maximum absolute atomic E-state index is 12.8. The Hall–Kier alpha value is -0.960. The first-order chi connectivity index (χ1) is 11.5. The minimum atomic E-state index is -3.43. The summed E-state index contributed by atoms with van der Waals surface area (Å²) >= 11 is 1.42. The molecule has 0 unspecified atom stereocenters. The molecule has 2 fully saturated rings. The molecule has 1 saturated carbocycles. The van der Waals surface area contributed by atoms with E-state index in [1.54, 1.807) is 16.3 Å². The molecule has 2 heterocycles. The van der Waals surface area contributed by atoms with Crippen LogP contribution in [0.3, 0.4) is 0 Å². The lowest BCUT2D eigenvalue weighted by Crippen LogP contribution is -2.55. The van der Waals surface area contributed by atoms with E-state index < -0.39 is 10.2 Å². The molecule has 24 heavy (non-hydrogen) atoms. The van der Waals surface area contributed by atoms with Gasteiger partial charge in [0, 0.05) is 39.3 Å². The van der Waals surface area contributed by atoms with Gasteiger partial charge in [-0.25, -0.2) is 0 Å². The van der Waals surface area contributed by atoms with Gasteiger partial charge in [0.15, 0.2) is 0 Å². The van der Waals surface area contributed by atoms with Gasteiger partial charge in [-0.1, -0.05) is 25.3 Å². The van der Waals surface area contributed by atoms with Crippen molar-refractivity contribution in [3.05, 3.63) is 22.4 Å². The molecule has 1 aromatic rings. The zero-order valence-corrected chi connectivity index (χ0v) is 15.7. The highest BCUT2D eigenvalue weighted by molar-refractivity contribution is 7.86. The van der Waals surface area contributed by atoms with Gasteiger partial charge in [-0.3, -0.25) is 4.79 Å². The molecular formula is C16H25N3O3S2. The molecule has 1 saturated heterocycles. The van der Waals surface area contributed by atoms with Crippen LogP contribution >= 0.6 is 11.3 Å². The Balaban J connectivity index is 1.59. The monoisotopic (exact) mass is 371 g/mol. The van der Waals surface area contributed by atoms with Crippen molar-refractivity contribution in [1.82, 2.24) is 13.5 Å². The largest absolute Gasteiger partial charge is 0.335 e. The number of carbonyl (C=O) groups is 1. The summed E-state index contributed by atoms with van der Waals surface area (Å²) in [6.45, 7) is 1.65. The summed E-state index contributed by atoms with van der Waals surface area (Å²) in [5.74, 6) is 0.00248. The van der Waals surface area contributed by atoms with Crippen LogP contribution in [0.5, 0.6) is 0 Å². The van der Waals surface area contributed by atoms with E-state index in [9.17, 15) is 13.2 Å². The Morgan fingerprint density at radius 1 is 1.17 bits per heavy atom. The van der Waals surface area contributed by atoms with E-state index in [2.05, 4.69) is 0 Å². The van der Waals surface area contributed by atoms with Gasteiger partial charge in [0.05, 0.1) is 4.88 Å². The maximum Gasteiger partial charge on any atom is 0.282 e. The van der Waals surface area contributed by atoms with Crippen LogP contribution in [0.25, 0.3) is 0 Å². The minimum Gasteiger partial charge on any atom is -0.335 e. The molecule has 134 valence electrons. The predicted octanol–water partition coefficient (Wildman–Crippen LogP) is 2.02. The van der Waals surface area contributed by atoms with E-state index in [-0.39, 0.29) is 11.9 Å². The van der Waals surface area contributed by atoms with E-state index in [4.69, 9.17) is 0 Å². The van der Waals surface area contributed by atoms with Crippen LogP contribution in [0.15, 0.2) is 17.5 Å². The molecule has 0 bridgehead atoms. The van der Waals surface area contributed by atoms with Crippen molar-refractivity contribution < 1.29 is 13.2 Å². The molecule has 6 nitrogen and oxygen atoms in total. The van der Waals surface area contributed by atoms with Gasteiger partial charge in [-0.05, 0) is 24.3 Å². The molecule has 2 aliphatic rings. The lowest BCUT2D eigenvalue weighted by Gasteiger charge is -2.38. The second kappa shape index (κ2) is 7.51. The minimum absolute atomic E-state index is 0.00248. The lowest BCUT2D eigenvalue weighted by molar-refractivity contribution is 0.0697. The number of nitrogens with zero attached hydrogens (tertiary/aromatic N) is 3. The summed E-state index contributed by atoms with van der Waals surface area (Å²) in [5, 5.41) is 1.88. The molecule has 0 atom stereocenters. The van der Waals surface area contributed by atoms with Gasteiger partial charge >= 0.3 is 0 Å². The van der Waals surface area contributed by atoms with Crippen molar-refractivity contribution >= 4 is 27.5 Å². The molecule has 1 aliphatic heterocycles. The van der Waals surface area contributed by atoms with Gasteiger partial charge in [0.2, 0.25) is 0 Å². The van der Waals surface area contributed by atoms with E-state index in [1.165, 1.54) is 22.1 Å². The molecule has 1 amide bonds. The van der Waals surface area contributed by atoms with Crippen molar-refractivity contribution in [2.75, 3.05) is 33.2 Å². The maximum atomic E-state index is 12.8. The number of carbonyl (C=O) groups excluding carboxylic acids is 1. The Kier molecular flexibility index (Phi) is 5.59. The SMILES string of the molecule is CN(C1CCCCC1)S(=O)(=O)N1CCN(C(=O)c2cccs2)CC1. The molecule has 1 aliphatic carbocycles. The average molecular weight is 372 g/mol. The zero-order chi connectivity index (χ0) is 17.2. The summed E-state index contributed by atoms with van der Waals surface area (Å²) in [6, 6.07) is 3.79. The number of hydrogen-bond donors (Lipinski definition) is 0. The summed E-state index contributed by atoms with van der Waals surface area (Å²) in [6.07, 6.45) is 5.31.